The summed E-state index contributed by atoms with van der Waals surface area (Å²) in [6, 6.07) is 2.46. The fourth-order valence-electron chi connectivity index (χ4n) is 3.17. The van der Waals surface area contributed by atoms with Crippen molar-refractivity contribution in [3.8, 4) is 0 Å². The summed E-state index contributed by atoms with van der Waals surface area (Å²) in [4.78, 5) is 12.9. The van der Waals surface area contributed by atoms with Gasteiger partial charge in [0.2, 0.25) is 0 Å². The highest BCUT2D eigenvalue weighted by Gasteiger charge is 2.32. The van der Waals surface area contributed by atoms with Gasteiger partial charge in [-0.25, -0.2) is 22.5 Å². The molecule has 1 aromatic heterocycles. The van der Waals surface area contributed by atoms with Crippen LogP contribution in [0, 0.1) is 16.4 Å². The highest BCUT2D eigenvalue weighted by atomic mass is 32.2. The average molecular weight is 398 g/mol. The lowest BCUT2D eigenvalue weighted by molar-refractivity contribution is 0.101. The largest absolute Gasteiger partial charge is 0.392 e. The first-order chi connectivity index (χ1) is 12.6. The molecule has 0 radical (unpaired) electrons. The van der Waals surface area contributed by atoms with Crippen LogP contribution < -0.4 is 10.0 Å². The molecule has 1 aliphatic heterocycles. The zero-order valence-corrected chi connectivity index (χ0v) is 15.6. The van der Waals surface area contributed by atoms with Crippen LogP contribution in [0.1, 0.15) is 29.4 Å². The maximum Gasteiger partial charge on any atom is 0.272 e. The number of nitrogens with zero attached hydrogens (tertiary/aromatic N) is 1. The van der Waals surface area contributed by atoms with Gasteiger partial charge < -0.3 is 15.0 Å². The topological polar surface area (TPSA) is 107 Å². The van der Waals surface area contributed by atoms with E-state index in [2.05, 4.69) is 10.0 Å². The summed E-state index contributed by atoms with van der Waals surface area (Å²) < 4.78 is 51.5. The number of aliphatic hydroxyl groups is 1. The van der Waals surface area contributed by atoms with Crippen molar-refractivity contribution in [2.45, 2.75) is 36.8 Å². The van der Waals surface area contributed by atoms with E-state index in [1.165, 1.54) is 16.8 Å². The number of halogens is 2. The Bertz CT molecular complexity index is 1000. The molecule has 0 bridgehead atoms. The lowest BCUT2D eigenvalue weighted by atomic mass is 10.0. The van der Waals surface area contributed by atoms with E-state index in [1.807, 2.05) is 0 Å². The number of hydrogen-bond donors (Lipinski definition) is 4. The standard InChI is InChI=1S/C17H20F2N4O3S/c1-9(24)14-6-4-11-15(27(20,26)22-14)8-23(2)16(11)17(25)21-10-3-5-12(18)13(19)7-10/h3,5,7-9,14,24H,4,6H2,1-2H3,(H,21,25)(H2,20,22,26)/t9-,14+,27?/m0/s1. The molecule has 1 unspecified atom stereocenters. The predicted molar refractivity (Wildman–Crippen MR) is 95.8 cm³/mol. The maximum atomic E-state index is 13.4. The van der Waals surface area contributed by atoms with Crippen LogP contribution in [0.2, 0.25) is 0 Å². The van der Waals surface area contributed by atoms with Gasteiger partial charge in [-0.2, -0.15) is 0 Å². The minimum absolute atomic E-state index is 0.0778. The van der Waals surface area contributed by atoms with Gasteiger partial charge in [-0.05, 0) is 31.9 Å². The third-order valence-corrected chi connectivity index (χ3v) is 6.16. The normalized spacial score (nSPS) is 23.4. The van der Waals surface area contributed by atoms with Gasteiger partial charge in [0.1, 0.15) is 15.6 Å². The van der Waals surface area contributed by atoms with Gasteiger partial charge in [0.15, 0.2) is 11.6 Å². The molecular formula is C17H20F2N4O3S. The van der Waals surface area contributed by atoms with Crippen molar-refractivity contribution in [2.24, 2.45) is 7.05 Å². The molecule has 0 saturated heterocycles. The third-order valence-electron chi connectivity index (χ3n) is 4.55. The van der Waals surface area contributed by atoms with E-state index < -0.39 is 39.6 Å². The Labute approximate surface area is 155 Å². The lowest BCUT2D eigenvalue weighted by Crippen LogP contribution is -2.40. The first kappa shape index (κ1) is 19.5. The number of carbonyl (C=O) groups is 1. The van der Waals surface area contributed by atoms with E-state index in [4.69, 9.17) is 4.78 Å². The van der Waals surface area contributed by atoms with Crippen LogP contribution in [-0.2, 0) is 23.4 Å². The fourth-order valence-corrected chi connectivity index (χ4v) is 4.89. The predicted octanol–water partition coefficient (Wildman–Crippen LogP) is 2.16. The second kappa shape index (κ2) is 7.02. The molecule has 2 aromatic rings. The van der Waals surface area contributed by atoms with Crippen molar-refractivity contribution in [1.29, 1.82) is 4.78 Å². The summed E-state index contributed by atoms with van der Waals surface area (Å²) in [6.45, 7) is 1.54. The molecule has 0 aliphatic carbocycles. The maximum absolute atomic E-state index is 13.4. The van der Waals surface area contributed by atoms with Gasteiger partial charge in [0.05, 0.1) is 11.0 Å². The smallest absolute Gasteiger partial charge is 0.272 e. The second-order valence-electron chi connectivity index (χ2n) is 6.57. The third kappa shape index (κ3) is 3.73. The molecule has 2 heterocycles. The zero-order chi connectivity index (χ0) is 19.9. The molecule has 27 heavy (non-hydrogen) atoms. The molecule has 0 spiro atoms. The van der Waals surface area contributed by atoms with E-state index in [-0.39, 0.29) is 16.3 Å². The summed E-state index contributed by atoms with van der Waals surface area (Å²) >= 11 is 0. The van der Waals surface area contributed by atoms with Gasteiger partial charge in [0.25, 0.3) is 5.91 Å². The number of benzene rings is 1. The SMILES string of the molecule is C[C@H](O)[C@H]1CCc2c(cn(C)c2C(=O)Nc2ccc(F)c(F)c2)S(=N)(=O)N1. The number of hydrogen-bond acceptors (Lipinski definition) is 4. The Kier molecular flexibility index (Phi) is 5.06. The number of aromatic nitrogens is 1. The van der Waals surface area contributed by atoms with E-state index in [0.29, 0.717) is 18.4 Å². The summed E-state index contributed by atoms with van der Waals surface area (Å²) in [5, 5.41) is 12.3. The average Bonchev–Trinajstić information content (AvgIpc) is 2.85. The number of aryl methyl sites for hydroxylation is 1. The fraction of sp³-hybridized carbons (Fsp3) is 0.353. The Balaban J connectivity index is 1.97. The van der Waals surface area contributed by atoms with Crippen LogP contribution in [0.25, 0.3) is 0 Å². The molecule has 1 aromatic carbocycles. The minimum Gasteiger partial charge on any atom is -0.392 e. The van der Waals surface area contributed by atoms with Crippen LogP contribution in [0.15, 0.2) is 29.3 Å². The van der Waals surface area contributed by atoms with Crippen LogP contribution >= 0.6 is 0 Å². The first-order valence-corrected chi connectivity index (χ1v) is 9.84. The molecule has 3 rings (SSSR count). The zero-order valence-electron chi connectivity index (χ0n) is 14.8. The van der Waals surface area contributed by atoms with Gasteiger partial charge in [-0.3, -0.25) is 4.79 Å². The number of rotatable bonds is 3. The Morgan fingerprint density at radius 3 is 2.78 bits per heavy atom. The molecule has 10 heteroatoms. The van der Waals surface area contributed by atoms with E-state index >= 15 is 0 Å². The molecule has 1 amide bonds. The Morgan fingerprint density at radius 1 is 1.44 bits per heavy atom. The van der Waals surface area contributed by atoms with Crippen molar-refractivity contribution in [3.05, 3.63) is 47.3 Å². The quantitative estimate of drug-likeness (QED) is 0.636. The van der Waals surface area contributed by atoms with E-state index in [9.17, 15) is 22.9 Å². The van der Waals surface area contributed by atoms with E-state index in [0.717, 1.165) is 12.1 Å². The highest BCUT2D eigenvalue weighted by Crippen LogP contribution is 2.29. The second-order valence-corrected chi connectivity index (χ2v) is 8.36. The van der Waals surface area contributed by atoms with Crippen LogP contribution in [0.4, 0.5) is 14.5 Å². The van der Waals surface area contributed by atoms with Crippen molar-refractivity contribution >= 4 is 21.5 Å². The van der Waals surface area contributed by atoms with Crippen molar-refractivity contribution < 1.29 is 22.9 Å². The highest BCUT2D eigenvalue weighted by molar-refractivity contribution is 7.90. The molecular weight excluding hydrogens is 378 g/mol. The van der Waals surface area contributed by atoms with Gasteiger partial charge in [-0.1, -0.05) is 0 Å². The molecule has 0 fully saturated rings. The summed E-state index contributed by atoms with van der Waals surface area (Å²) in [7, 11) is -1.83. The van der Waals surface area contributed by atoms with Crippen LogP contribution in [-0.4, -0.2) is 31.9 Å². The Morgan fingerprint density at radius 2 is 2.15 bits per heavy atom. The number of nitrogens with one attached hydrogen (secondary N) is 3. The summed E-state index contributed by atoms with van der Waals surface area (Å²) in [5.74, 6) is -2.70. The lowest BCUT2D eigenvalue weighted by Gasteiger charge is -2.19. The van der Waals surface area contributed by atoms with Gasteiger partial charge in [0, 0.05) is 36.6 Å². The molecule has 1 aliphatic rings. The molecule has 146 valence electrons. The van der Waals surface area contributed by atoms with Crippen LogP contribution in [0.5, 0.6) is 0 Å². The van der Waals surface area contributed by atoms with Crippen molar-refractivity contribution in [2.75, 3.05) is 5.32 Å². The number of carbonyl (C=O) groups excluding carboxylic acids is 1. The number of amides is 1. The minimum atomic E-state index is -3.41. The van der Waals surface area contributed by atoms with E-state index in [1.54, 1.807) is 14.0 Å². The summed E-state index contributed by atoms with van der Waals surface area (Å²) in [5.41, 5.74) is 0.699. The number of fused-ring (bicyclic) bond motifs is 1. The van der Waals surface area contributed by atoms with Crippen molar-refractivity contribution in [3.63, 3.8) is 0 Å². The molecule has 7 nitrogen and oxygen atoms in total. The first-order valence-electron chi connectivity index (χ1n) is 8.29. The van der Waals surface area contributed by atoms with Gasteiger partial charge >= 0.3 is 0 Å². The molecule has 4 N–H and O–H groups in total. The summed E-state index contributed by atoms with van der Waals surface area (Å²) in [6.07, 6.45) is 1.35. The molecule has 0 saturated carbocycles. The number of aliphatic hydroxyl groups excluding tert-OH is 1. The monoisotopic (exact) mass is 398 g/mol. The van der Waals surface area contributed by atoms with Gasteiger partial charge in [-0.15, -0.1) is 0 Å². The van der Waals surface area contributed by atoms with Crippen molar-refractivity contribution in [1.82, 2.24) is 9.29 Å². The number of anilines is 1. The Hall–Kier alpha value is -2.30. The van der Waals surface area contributed by atoms with Crippen LogP contribution in [0.3, 0.4) is 0 Å². The molecule has 3 atom stereocenters.